The number of aliphatic hydroxyl groups is 1. The predicted octanol–water partition coefficient (Wildman–Crippen LogP) is -2.38. The number of hydrogen-bond acceptors (Lipinski definition) is 9. The number of nitrogens with one attached hydrogen (secondary N) is 4. The highest BCUT2D eigenvalue weighted by molar-refractivity contribution is 5.95. The Labute approximate surface area is 216 Å². The summed E-state index contributed by atoms with van der Waals surface area (Å²) >= 11 is 0. The smallest absolute Gasteiger partial charge is 0.326 e. The normalized spacial score (nSPS) is 14.8. The highest BCUT2D eigenvalue weighted by Gasteiger charge is 2.33. The van der Waals surface area contributed by atoms with Gasteiger partial charge in [0.2, 0.25) is 17.7 Å². The molecule has 3 amide bonds. The third-order valence-corrected chi connectivity index (χ3v) is 5.40. The predicted molar refractivity (Wildman–Crippen MR) is 129 cm³/mol. The third-order valence-electron chi connectivity index (χ3n) is 5.40. The number of phenols is 1. The van der Waals surface area contributed by atoms with Crippen LogP contribution < -0.4 is 21.7 Å². The summed E-state index contributed by atoms with van der Waals surface area (Å²) in [6.45, 7) is 1.20. The van der Waals surface area contributed by atoms with Gasteiger partial charge in [0.15, 0.2) is 0 Å². The molecule has 5 atom stereocenters. The van der Waals surface area contributed by atoms with Crippen LogP contribution in [-0.2, 0) is 36.8 Å². The number of H-pyrrole nitrogens is 1. The number of carbonyl (C=O) groups is 5. The number of aromatic amines is 1. The summed E-state index contributed by atoms with van der Waals surface area (Å²) in [4.78, 5) is 67.5. The first kappa shape index (κ1) is 29.7. The zero-order valence-electron chi connectivity index (χ0n) is 20.3. The van der Waals surface area contributed by atoms with Crippen molar-refractivity contribution >= 4 is 29.7 Å². The van der Waals surface area contributed by atoms with Gasteiger partial charge in [0.05, 0.1) is 24.9 Å². The van der Waals surface area contributed by atoms with Crippen molar-refractivity contribution in [3.63, 3.8) is 0 Å². The fourth-order valence-corrected chi connectivity index (χ4v) is 3.37. The molecule has 0 saturated carbocycles. The molecule has 10 N–H and O–H groups in total. The lowest BCUT2D eigenvalue weighted by atomic mass is 10.0. The third kappa shape index (κ3) is 9.18. The van der Waals surface area contributed by atoms with Gasteiger partial charge < -0.3 is 47.1 Å². The molecule has 5 unspecified atom stereocenters. The number of aromatic nitrogens is 2. The fourth-order valence-electron chi connectivity index (χ4n) is 3.37. The number of phenolic OH excluding ortho intramolecular Hbond substituents is 1. The van der Waals surface area contributed by atoms with E-state index < -0.39 is 66.4 Å². The SMILES string of the molecule is CC(O)C(NC(=O)C(Cc1ccc(O)cc1)NC(=O)C(N)CC(=O)O)C(=O)NC(Cc1cnc[nH]1)C(=O)O. The molecular weight excluding hydrogens is 504 g/mol. The van der Waals surface area contributed by atoms with Gasteiger partial charge in [-0.2, -0.15) is 0 Å². The quantitative estimate of drug-likeness (QED) is 0.124. The van der Waals surface area contributed by atoms with E-state index >= 15 is 0 Å². The van der Waals surface area contributed by atoms with Crippen LogP contribution in [0.2, 0.25) is 0 Å². The molecule has 0 radical (unpaired) electrons. The number of nitrogens with zero attached hydrogens (tertiary/aromatic N) is 1. The Kier molecular flexibility index (Phi) is 10.7. The van der Waals surface area contributed by atoms with Crippen LogP contribution in [0.3, 0.4) is 0 Å². The van der Waals surface area contributed by atoms with E-state index in [0.29, 0.717) is 11.3 Å². The molecule has 1 heterocycles. The van der Waals surface area contributed by atoms with Gasteiger partial charge in [-0.05, 0) is 24.6 Å². The molecular formula is C23H30N6O9. The van der Waals surface area contributed by atoms with Crippen molar-refractivity contribution in [2.45, 2.75) is 56.5 Å². The summed E-state index contributed by atoms with van der Waals surface area (Å²) in [7, 11) is 0. The molecule has 0 saturated heterocycles. The number of carboxylic acids is 2. The monoisotopic (exact) mass is 534 g/mol. The summed E-state index contributed by atoms with van der Waals surface area (Å²) in [5.41, 5.74) is 6.50. The van der Waals surface area contributed by atoms with Crippen LogP contribution in [0.4, 0.5) is 0 Å². The van der Waals surface area contributed by atoms with Gasteiger partial charge in [0.25, 0.3) is 0 Å². The molecule has 2 rings (SSSR count). The fraction of sp³-hybridized carbons (Fsp3) is 0.391. The second-order valence-electron chi connectivity index (χ2n) is 8.54. The summed E-state index contributed by atoms with van der Waals surface area (Å²) < 4.78 is 0. The lowest BCUT2D eigenvalue weighted by molar-refractivity contribution is -0.143. The minimum atomic E-state index is -1.61. The number of aliphatic hydroxyl groups excluding tert-OH is 1. The number of amides is 3. The topological polar surface area (TPSA) is 257 Å². The summed E-state index contributed by atoms with van der Waals surface area (Å²) in [5.74, 6) is -5.63. The highest BCUT2D eigenvalue weighted by Crippen LogP contribution is 2.12. The number of rotatable bonds is 14. The van der Waals surface area contributed by atoms with Gasteiger partial charge in [0.1, 0.15) is 23.9 Å². The van der Waals surface area contributed by atoms with Crippen LogP contribution in [-0.4, -0.2) is 90.3 Å². The lowest BCUT2D eigenvalue weighted by Gasteiger charge is -2.26. The summed E-state index contributed by atoms with van der Waals surface area (Å²) in [5, 5.41) is 44.9. The molecule has 2 aromatic rings. The number of nitrogens with two attached hydrogens (primary N) is 1. The van der Waals surface area contributed by atoms with Crippen molar-refractivity contribution in [3.8, 4) is 5.75 Å². The second-order valence-corrected chi connectivity index (χ2v) is 8.54. The number of aliphatic carboxylic acids is 2. The summed E-state index contributed by atoms with van der Waals surface area (Å²) in [6, 6.07) is -0.227. The molecule has 0 aliphatic heterocycles. The molecule has 38 heavy (non-hydrogen) atoms. The van der Waals surface area contributed by atoms with E-state index in [1.807, 2.05) is 0 Å². The number of carboxylic acid groups (broad SMARTS) is 2. The van der Waals surface area contributed by atoms with E-state index in [-0.39, 0.29) is 18.6 Å². The Hall–Kier alpha value is -4.50. The van der Waals surface area contributed by atoms with E-state index in [1.165, 1.54) is 43.7 Å². The van der Waals surface area contributed by atoms with Crippen LogP contribution in [0.25, 0.3) is 0 Å². The van der Waals surface area contributed by atoms with Crippen molar-refractivity contribution in [2.24, 2.45) is 5.73 Å². The minimum absolute atomic E-state index is 0.0452. The first-order valence-electron chi connectivity index (χ1n) is 11.4. The summed E-state index contributed by atoms with van der Waals surface area (Å²) in [6.07, 6.45) is 0.234. The number of hydrogen-bond donors (Lipinski definition) is 9. The molecule has 206 valence electrons. The van der Waals surface area contributed by atoms with Crippen molar-refractivity contribution in [1.82, 2.24) is 25.9 Å². The number of benzene rings is 1. The second kappa shape index (κ2) is 13.7. The molecule has 0 fully saturated rings. The van der Waals surface area contributed by atoms with E-state index in [0.717, 1.165) is 0 Å². The van der Waals surface area contributed by atoms with Crippen molar-refractivity contribution < 1.29 is 44.4 Å². The number of imidazole rings is 1. The van der Waals surface area contributed by atoms with Gasteiger partial charge in [-0.3, -0.25) is 19.2 Å². The average molecular weight is 535 g/mol. The maximum absolute atomic E-state index is 13.1. The number of aromatic hydroxyl groups is 1. The molecule has 1 aromatic heterocycles. The van der Waals surface area contributed by atoms with Crippen molar-refractivity contribution in [1.29, 1.82) is 0 Å². The van der Waals surface area contributed by atoms with Crippen LogP contribution in [0.1, 0.15) is 24.6 Å². The molecule has 1 aromatic carbocycles. The van der Waals surface area contributed by atoms with Gasteiger partial charge in [-0.25, -0.2) is 9.78 Å². The molecule has 0 bridgehead atoms. The highest BCUT2D eigenvalue weighted by atomic mass is 16.4. The van der Waals surface area contributed by atoms with Crippen LogP contribution >= 0.6 is 0 Å². The lowest BCUT2D eigenvalue weighted by Crippen LogP contribution is -2.60. The Morgan fingerprint density at radius 1 is 0.947 bits per heavy atom. The molecule has 0 aliphatic rings. The van der Waals surface area contributed by atoms with Gasteiger partial charge >= 0.3 is 11.9 Å². The maximum Gasteiger partial charge on any atom is 0.326 e. The van der Waals surface area contributed by atoms with Crippen LogP contribution in [0.15, 0.2) is 36.8 Å². The van der Waals surface area contributed by atoms with Crippen LogP contribution in [0, 0.1) is 0 Å². The van der Waals surface area contributed by atoms with Crippen molar-refractivity contribution in [2.75, 3.05) is 0 Å². The maximum atomic E-state index is 13.1. The zero-order valence-corrected chi connectivity index (χ0v) is 20.3. The average Bonchev–Trinajstić information content (AvgIpc) is 3.35. The van der Waals surface area contributed by atoms with E-state index in [9.17, 15) is 39.3 Å². The van der Waals surface area contributed by atoms with Gasteiger partial charge in [0, 0.05) is 24.7 Å². The Balaban J connectivity index is 2.20. The zero-order chi connectivity index (χ0) is 28.4. The van der Waals surface area contributed by atoms with Gasteiger partial charge in [-0.1, -0.05) is 12.1 Å². The first-order chi connectivity index (χ1) is 17.9. The van der Waals surface area contributed by atoms with Crippen molar-refractivity contribution in [3.05, 3.63) is 48.0 Å². The molecule has 15 nitrogen and oxygen atoms in total. The molecule has 0 spiro atoms. The van der Waals surface area contributed by atoms with Crippen LogP contribution in [0.5, 0.6) is 5.75 Å². The van der Waals surface area contributed by atoms with Gasteiger partial charge in [-0.15, -0.1) is 0 Å². The largest absolute Gasteiger partial charge is 0.508 e. The minimum Gasteiger partial charge on any atom is -0.508 e. The Morgan fingerprint density at radius 2 is 1.58 bits per heavy atom. The first-order valence-corrected chi connectivity index (χ1v) is 11.4. The Bertz CT molecular complexity index is 1120. The van der Waals surface area contributed by atoms with E-state index in [1.54, 1.807) is 0 Å². The Morgan fingerprint density at radius 3 is 2.11 bits per heavy atom. The molecule has 0 aliphatic carbocycles. The standard InChI is InChI=1S/C23H30N6O9/c1-11(30)19(22(36)28-17(23(37)38)7-13-9-25-10-26-13)29-21(35)16(6-12-2-4-14(31)5-3-12)27-20(34)15(24)8-18(32)33/h2-5,9-11,15-17,19,30-31H,6-8,24H2,1H3,(H,25,26)(H,27,34)(H,28,36)(H,29,35)(H,32,33)(H,37,38). The van der Waals surface area contributed by atoms with E-state index in [4.69, 9.17) is 10.8 Å². The molecule has 15 heteroatoms. The number of carbonyl (C=O) groups excluding carboxylic acids is 3. The van der Waals surface area contributed by atoms with E-state index in [2.05, 4.69) is 25.9 Å².